The quantitative estimate of drug-likeness (QED) is 0.596. The molecule has 1 fully saturated rings. The largest absolute Gasteiger partial charge is 0.497 e. The molecule has 1 saturated heterocycles. The molecule has 0 spiro atoms. The molecule has 1 aliphatic rings. The van der Waals surface area contributed by atoms with E-state index in [9.17, 15) is 4.79 Å². The second-order valence-corrected chi connectivity index (χ2v) is 8.96. The van der Waals surface area contributed by atoms with Crippen LogP contribution < -0.4 is 4.74 Å². The van der Waals surface area contributed by atoms with E-state index in [1.807, 2.05) is 23.1 Å². The molecule has 1 aliphatic heterocycles. The van der Waals surface area contributed by atoms with Crippen LogP contribution in [0, 0.1) is 5.92 Å². The number of rotatable bonds is 8. The second kappa shape index (κ2) is 10.1. The molecule has 1 amide bonds. The van der Waals surface area contributed by atoms with Gasteiger partial charge in [-0.15, -0.1) is 0 Å². The fourth-order valence-corrected chi connectivity index (χ4v) is 4.54. The molecule has 0 aliphatic carbocycles. The molecule has 0 saturated carbocycles. The average Bonchev–Trinajstić information content (AvgIpc) is 2.73. The Morgan fingerprint density at radius 2 is 1.80 bits per heavy atom. The first-order valence-electron chi connectivity index (χ1n) is 11.0. The smallest absolute Gasteiger partial charge is 0.219 e. The van der Waals surface area contributed by atoms with Crippen molar-refractivity contribution in [1.29, 1.82) is 0 Å². The molecule has 4 heteroatoms. The topological polar surface area (TPSA) is 38.8 Å². The minimum atomic E-state index is -0.0962. The van der Waals surface area contributed by atoms with Crippen LogP contribution in [0.3, 0.4) is 0 Å². The predicted molar refractivity (Wildman–Crippen MR) is 121 cm³/mol. The minimum Gasteiger partial charge on any atom is -0.497 e. The van der Waals surface area contributed by atoms with Gasteiger partial charge in [0.1, 0.15) is 5.75 Å². The van der Waals surface area contributed by atoms with Gasteiger partial charge in [0.15, 0.2) is 0 Å². The lowest BCUT2D eigenvalue weighted by atomic mass is 9.87. The highest BCUT2D eigenvalue weighted by Crippen LogP contribution is 2.31. The van der Waals surface area contributed by atoms with Crippen LogP contribution >= 0.6 is 0 Å². The number of nitrogens with zero attached hydrogens (tertiary/aromatic N) is 1. The van der Waals surface area contributed by atoms with E-state index in [-0.39, 0.29) is 17.4 Å². The van der Waals surface area contributed by atoms with Gasteiger partial charge in [0.05, 0.1) is 12.7 Å². The molecule has 0 aromatic heterocycles. The van der Waals surface area contributed by atoms with Gasteiger partial charge in [-0.25, -0.2) is 0 Å². The van der Waals surface area contributed by atoms with Crippen molar-refractivity contribution < 1.29 is 14.3 Å². The lowest BCUT2D eigenvalue weighted by Crippen LogP contribution is -2.41. The molecular formula is C26H35NO3. The normalized spacial score (nSPS) is 19.1. The van der Waals surface area contributed by atoms with Gasteiger partial charge >= 0.3 is 0 Å². The van der Waals surface area contributed by atoms with Gasteiger partial charge in [0, 0.05) is 32.5 Å². The SMILES string of the molecule is COc1ccc([C@@H](CCN(C[C@@H]2CCOC(C)(C)C2)C(C)=O)c2ccccc2)cc1. The molecular weight excluding hydrogens is 374 g/mol. The standard InChI is InChI=1S/C26H35NO3/c1-20(28)27(19-21-15-17-30-26(2,3)18-21)16-14-25(22-8-6-5-7-9-22)23-10-12-24(29-4)13-11-23/h5-13,21,25H,14-19H2,1-4H3/t21-,25+/m1/s1. The molecule has 3 rings (SSSR count). The molecule has 4 nitrogen and oxygen atoms in total. The third-order valence-corrected chi connectivity index (χ3v) is 6.13. The van der Waals surface area contributed by atoms with Crippen LogP contribution in [0.2, 0.25) is 0 Å². The highest BCUT2D eigenvalue weighted by molar-refractivity contribution is 5.73. The summed E-state index contributed by atoms with van der Waals surface area (Å²) in [6, 6.07) is 18.9. The Labute approximate surface area is 181 Å². The maximum absolute atomic E-state index is 12.4. The maximum Gasteiger partial charge on any atom is 0.219 e. The lowest BCUT2D eigenvalue weighted by molar-refractivity contribution is -0.131. The first kappa shape index (κ1) is 22.4. The Morgan fingerprint density at radius 1 is 1.13 bits per heavy atom. The molecule has 162 valence electrons. The summed E-state index contributed by atoms with van der Waals surface area (Å²) in [6.45, 7) is 8.32. The van der Waals surface area contributed by atoms with Gasteiger partial charge < -0.3 is 14.4 Å². The Balaban J connectivity index is 1.73. The van der Waals surface area contributed by atoms with Crippen molar-refractivity contribution in [2.45, 2.75) is 51.6 Å². The maximum atomic E-state index is 12.4. The fraction of sp³-hybridized carbons (Fsp3) is 0.500. The van der Waals surface area contributed by atoms with Crippen molar-refractivity contribution >= 4 is 5.91 Å². The van der Waals surface area contributed by atoms with Crippen molar-refractivity contribution in [3.63, 3.8) is 0 Å². The van der Waals surface area contributed by atoms with Crippen molar-refractivity contribution in [2.75, 3.05) is 26.8 Å². The molecule has 0 N–H and O–H groups in total. The zero-order chi connectivity index (χ0) is 21.6. The molecule has 2 atom stereocenters. The molecule has 0 unspecified atom stereocenters. The molecule has 0 bridgehead atoms. The Bertz CT molecular complexity index is 801. The highest BCUT2D eigenvalue weighted by Gasteiger charge is 2.30. The summed E-state index contributed by atoms with van der Waals surface area (Å²) in [5, 5.41) is 0. The zero-order valence-corrected chi connectivity index (χ0v) is 18.8. The van der Waals surface area contributed by atoms with Crippen LogP contribution in [0.1, 0.15) is 57.1 Å². The van der Waals surface area contributed by atoms with Crippen LogP contribution in [0.15, 0.2) is 54.6 Å². The molecule has 30 heavy (non-hydrogen) atoms. The average molecular weight is 410 g/mol. The predicted octanol–water partition coefficient (Wildman–Crippen LogP) is 5.27. The van der Waals surface area contributed by atoms with E-state index in [1.165, 1.54) is 11.1 Å². The van der Waals surface area contributed by atoms with Crippen molar-refractivity contribution in [3.05, 3.63) is 65.7 Å². The first-order chi connectivity index (χ1) is 14.4. The second-order valence-electron chi connectivity index (χ2n) is 8.96. The van der Waals surface area contributed by atoms with Gasteiger partial charge in [-0.2, -0.15) is 0 Å². The van der Waals surface area contributed by atoms with Crippen LogP contribution in [0.25, 0.3) is 0 Å². The van der Waals surface area contributed by atoms with Crippen molar-refractivity contribution in [1.82, 2.24) is 4.90 Å². The van der Waals surface area contributed by atoms with Crippen molar-refractivity contribution in [2.24, 2.45) is 5.92 Å². The van der Waals surface area contributed by atoms with Gasteiger partial charge in [-0.1, -0.05) is 42.5 Å². The Kier molecular flexibility index (Phi) is 7.54. The number of methoxy groups -OCH3 is 1. The summed E-state index contributed by atoms with van der Waals surface area (Å²) in [6.07, 6.45) is 2.91. The van der Waals surface area contributed by atoms with Crippen LogP contribution in [0.4, 0.5) is 0 Å². The van der Waals surface area contributed by atoms with Crippen molar-refractivity contribution in [3.8, 4) is 5.75 Å². The summed E-state index contributed by atoms with van der Waals surface area (Å²) >= 11 is 0. The van der Waals surface area contributed by atoms with Gasteiger partial charge in [-0.05, 0) is 62.3 Å². The fourth-order valence-electron chi connectivity index (χ4n) is 4.54. The zero-order valence-electron chi connectivity index (χ0n) is 18.8. The van der Waals surface area contributed by atoms with E-state index >= 15 is 0 Å². The molecule has 1 heterocycles. The van der Waals surface area contributed by atoms with E-state index in [0.29, 0.717) is 5.92 Å². The lowest BCUT2D eigenvalue weighted by Gasteiger charge is -2.38. The highest BCUT2D eigenvalue weighted by atomic mass is 16.5. The van der Waals surface area contributed by atoms with E-state index < -0.39 is 0 Å². The molecule has 2 aromatic carbocycles. The number of ether oxygens (including phenoxy) is 2. The first-order valence-corrected chi connectivity index (χ1v) is 11.0. The minimum absolute atomic E-state index is 0.0962. The van der Waals surface area contributed by atoms with Gasteiger partial charge in [0.2, 0.25) is 5.91 Å². The number of amides is 1. The number of carbonyl (C=O) groups is 1. The van der Waals surface area contributed by atoms with Gasteiger partial charge in [0.25, 0.3) is 0 Å². The molecule has 0 radical (unpaired) electrons. The number of carbonyl (C=O) groups excluding carboxylic acids is 1. The number of benzene rings is 2. The number of hydrogen-bond donors (Lipinski definition) is 0. The summed E-state index contributed by atoms with van der Waals surface area (Å²) in [5.41, 5.74) is 2.43. The van der Waals surface area contributed by atoms with E-state index in [4.69, 9.17) is 9.47 Å². The number of hydrogen-bond acceptors (Lipinski definition) is 3. The van der Waals surface area contributed by atoms with E-state index in [0.717, 1.165) is 44.7 Å². The molecule has 2 aromatic rings. The van der Waals surface area contributed by atoms with E-state index in [2.05, 4.69) is 50.2 Å². The third kappa shape index (κ3) is 6.09. The van der Waals surface area contributed by atoms with Crippen LogP contribution in [-0.2, 0) is 9.53 Å². The van der Waals surface area contributed by atoms with Crippen LogP contribution in [0.5, 0.6) is 5.75 Å². The summed E-state index contributed by atoms with van der Waals surface area (Å²) < 4.78 is 11.2. The third-order valence-electron chi connectivity index (χ3n) is 6.13. The summed E-state index contributed by atoms with van der Waals surface area (Å²) in [7, 11) is 1.69. The summed E-state index contributed by atoms with van der Waals surface area (Å²) in [5.74, 6) is 1.75. The summed E-state index contributed by atoms with van der Waals surface area (Å²) in [4.78, 5) is 14.5. The van der Waals surface area contributed by atoms with E-state index in [1.54, 1.807) is 14.0 Å². The monoisotopic (exact) mass is 409 g/mol. The van der Waals surface area contributed by atoms with Crippen LogP contribution in [-0.4, -0.2) is 43.2 Å². The Hall–Kier alpha value is -2.33. The van der Waals surface area contributed by atoms with Gasteiger partial charge in [-0.3, -0.25) is 4.79 Å². The Morgan fingerprint density at radius 3 is 2.40 bits per heavy atom.